The number of ether oxygens (including phenoxy) is 1. The fourth-order valence-corrected chi connectivity index (χ4v) is 4.75. The number of aromatic nitrogens is 1. The number of anilines is 1. The number of amides is 2. The van der Waals surface area contributed by atoms with Crippen LogP contribution in [0.15, 0.2) is 65.1 Å². The summed E-state index contributed by atoms with van der Waals surface area (Å²) >= 11 is 1.29. The van der Waals surface area contributed by atoms with Crippen molar-refractivity contribution < 1.29 is 14.3 Å². The molecule has 0 aliphatic carbocycles. The molecule has 2 amide bonds. The third-order valence-corrected chi connectivity index (χ3v) is 6.41. The summed E-state index contributed by atoms with van der Waals surface area (Å²) in [6.07, 6.45) is 0. The van der Waals surface area contributed by atoms with Crippen LogP contribution in [0.2, 0.25) is 0 Å². The number of hydrogen-bond donors (Lipinski definition) is 1. The van der Waals surface area contributed by atoms with Crippen molar-refractivity contribution in [3.63, 3.8) is 0 Å². The molecule has 2 heterocycles. The molecule has 2 N–H and O–H groups in total. The second-order valence-corrected chi connectivity index (χ2v) is 8.40. The van der Waals surface area contributed by atoms with Crippen molar-refractivity contribution in [2.75, 3.05) is 12.1 Å². The highest BCUT2D eigenvalue weighted by molar-refractivity contribution is 7.14. The van der Waals surface area contributed by atoms with Gasteiger partial charge in [-0.25, -0.2) is 4.98 Å². The quantitative estimate of drug-likeness (QED) is 0.579. The molecule has 3 unspecified atom stereocenters. The van der Waals surface area contributed by atoms with E-state index in [1.165, 1.54) is 16.3 Å². The Labute approximate surface area is 194 Å². The van der Waals surface area contributed by atoms with Crippen LogP contribution in [0.1, 0.15) is 18.4 Å². The number of hydrogen-bond acceptors (Lipinski definition) is 7. The average Bonchev–Trinajstić information content (AvgIpc) is 3.42. The third kappa shape index (κ3) is 4.21. The Morgan fingerprint density at radius 3 is 2.52 bits per heavy atom. The topological polar surface area (TPSA) is 122 Å². The Bertz CT molecular complexity index is 1250. The van der Waals surface area contributed by atoms with Crippen LogP contribution < -0.4 is 15.5 Å². The number of rotatable bonds is 7. The molecule has 4 rings (SSSR count). The van der Waals surface area contributed by atoms with Gasteiger partial charge in [0.2, 0.25) is 11.0 Å². The maximum atomic E-state index is 13.5. The highest BCUT2D eigenvalue weighted by Crippen LogP contribution is 2.39. The standard InChI is InChI=1S/C24H21N5O3S/c1-14-20(21(18(12-25)22(26)30)16-6-4-3-5-7-16)23(31)29(28-14)24-27-19(13-33-24)15-8-10-17(32-2)11-9-15/h3-11,13,18,20-21H,1-2H3,(H2,26,30). The number of carbonyl (C=O) groups excluding carboxylic acids is 2. The summed E-state index contributed by atoms with van der Waals surface area (Å²) in [7, 11) is 1.60. The fraction of sp³-hybridized carbons (Fsp3) is 0.208. The van der Waals surface area contributed by atoms with E-state index in [4.69, 9.17) is 10.5 Å². The SMILES string of the molecule is COc1ccc(-c2csc(N3N=C(C)C(C(c4ccccc4)C(C#N)C(N)=O)C3=O)n2)cc1. The van der Waals surface area contributed by atoms with Crippen LogP contribution in [0.3, 0.4) is 0 Å². The first-order valence-corrected chi connectivity index (χ1v) is 11.1. The molecule has 0 fully saturated rings. The zero-order valence-electron chi connectivity index (χ0n) is 18.0. The Kier molecular flexibility index (Phi) is 6.20. The largest absolute Gasteiger partial charge is 0.497 e. The van der Waals surface area contributed by atoms with Gasteiger partial charge < -0.3 is 10.5 Å². The van der Waals surface area contributed by atoms with E-state index in [9.17, 15) is 14.9 Å². The van der Waals surface area contributed by atoms with Gasteiger partial charge in [0.05, 0.1) is 24.8 Å². The fourth-order valence-electron chi connectivity index (χ4n) is 3.96. The molecule has 2 aromatic carbocycles. The molecule has 0 saturated heterocycles. The summed E-state index contributed by atoms with van der Waals surface area (Å²) in [6, 6.07) is 18.4. The molecule has 0 saturated carbocycles. The van der Waals surface area contributed by atoms with E-state index in [0.29, 0.717) is 22.1 Å². The Morgan fingerprint density at radius 1 is 1.21 bits per heavy atom. The summed E-state index contributed by atoms with van der Waals surface area (Å²) in [6.45, 7) is 1.71. The molecule has 1 aliphatic rings. The second kappa shape index (κ2) is 9.22. The highest BCUT2D eigenvalue weighted by atomic mass is 32.1. The Balaban J connectivity index is 1.67. The monoisotopic (exact) mass is 459 g/mol. The molecule has 166 valence electrons. The number of benzene rings is 2. The molecule has 3 aromatic rings. The zero-order valence-corrected chi connectivity index (χ0v) is 18.8. The van der Waals surface area contributed by atoms with Crippen LogP contribution in [-0.4, -0.2) is 29.6 Å². The molecule has 0 spiro atoms. The lowest BCUT2D eigenvalue weighted by molar-refractivity contribution is -0.123. The third-order valence-electron chi connectivity index (χ3n) is 5.59. The molecule has 33 heavy (non-hydrogen) atoms. The number of nitriles is 1. The van der Waals surface area contributed by atoms with Crippen LogP contribution in [0.4, 0.5) is 5.13 Å². The van der Waals surface area contributed by atoms with E-state index in [2.05, 4.69) is 10.1 Å². The van der Waals surface area contributed by atoms with Crippen LogP contribution >= 0.6 is 11.3 Å². The number of methoxy groups -OCH3 is 1. The molecule has 0 radical (unpaired) electrons. The van der Waals surface area contributed by atoms with Gasteiger partial charge in [0.1, 0.15) is 11.7 Å². The number of primary amides is 1. The van der Waals surface area contributed by atoms with Crippen molar-refractivity contribution in [3.05, 3.63) is 65.5 Å². The first-order valence-electron chi connectivity index (χ1n) is 10.2. The molecule has 8 nitrogen and oxygen atoms in total. The van der Waals surface area contributed by atoms with Crippen LogP contribution in [0.25, 0.3) is 11.3 Å². The Morgan fingerprint density at radius 2 is 1.91 bits per heavy atom. The van der Waals surface area contributed by atoms with Crippen molar-refractivity contribution >= 4 is 34.0 Å². The van der Waals surface area contributed by atoms with Crippen LogP contribution in [-0.2, 0) is 9.59 Å². The lowest BCUT2D eigenvalue weighted by Gasteiger charge is -2.25. The van der Waals surface area contributed by atoms with E-state index in [-0.39, 0.29) is 5.91 Å². The lowest BCUT2D eigenvalue weighted by atomic mass is 9.75. The number of nitrogens with zero attached hydrogens (tertiary/aromatic N) is 4. The maximum Gasteiger partial charge on any atom is 0.259 e. The first kappa shape index (κ1) is 22.2. The molecule has 0 bridgehead atoms. The summed E-state index contributed by atoms with van der Waals surface area (Å²) < 4.78 is 5.19. The van der Waals surface area contributed by atoms with Crippen molar-refractivity contribution in [2.45, 2.75) is 12.8 Å². The Hall–Kier alpha value is -4.03. The molecule has 1 aromatic heterocycles. The van der Waals surface area contributed by atoms with E-state index < -0.39 is 23.7 Å². The molecule has 9 heteroatoms. The van der Waals surface area contributed by atoms with Gasteiger partial charge in [-0.15, -0.1) is 11.3 Å². The molecule has 3 atom stereocenters. The second-order valence-electron chi connectivity index (χ2n) is 7.56. The number of nitrogens with two attached hydrogens (primary N) is 1. The van der Waals surface area contributed by atoms with Gasteiger partial charge in [0.15, 0.2) is 0 Å². The normalized spacial score (nSPS) is 17.2. The summed E-state index contributed by atoms with van der Waals surface area (Å²) in [5.41, 5.74) is 8.29. The highest BCUT2D eigenvalue weighted by Gasteiger charge is 2.46. The van der Waals surface area contributed by atoms with Gasteiger partial charge in [0.25, 0.3) is 5.91 Å². The van der Waals surface area contributed by atoms with E-state index >= 15 is 0 Å². The summed E-state index contributed by atoms with van der Waals surface area (Å²) in [4.78, 5) is 30.2. The molecular weight excluding hydrogens is 438 g/mol. The molecular formula is C24H21N5O3S. The minimum Gasteiger partial charge on any atom is -0.497 e. The first-order chi connectivity index (χ1) is 15.9. The van der Waals surface area contributed by atoms with E-state index in [0.717, 1.165) is 11.3 Å². The number of carbonyl (C=O) groups is 2. The van der Waals surface area contributed by atoms with E-state index in [1.807, 2.05) is 41.8 Å². The summed E-state index contributed by atoms with van der Waals surface area (Å²) in [5, 5.41) is 17.6. The van der Waals surface area contributed by atoms with Gasteiger partial charge in [-0.3, -0.25) is 9.59 Å². The minimum absolute atomic E-state index is 0.349. The van der Waals surface area contributed by atoms with Crippen molar-refractivity contribution in [2.24, 2.45) is 22.7 Å². The summed E-state index contributed by atoms with van der Waals surface area (Å²) in [5.74, 6) is -3.13. The van der Waals surface area contributed by atoms with Gasteiger partial charge in [-0.05, 0) is 36.8 Å². The van der Waals surface area contributed by atoms with Gasteiger partial charge in [-0.2, -0.15) is 15.4 Å². The van der Waals surface area contributed by atoms with Crippen molar-refractivity contribution in [3.8, 4) is 23.1 Å². The van der Waals surface area contributed by atoms with Gasteiger partial charge in [-0.1, -0.05) is 30.3 Å². The average molecular weight is 460 g/mol. The van der Waals surface area contributed by atoms with Gasteiger partial charge in [0, 0.05) is 22.6 Å². The van der Waals surface area contributed by atoms with Crippen molar-refractivity contribution in [1.82, 2.24) is 4.98 Å². The minimum atomic E-state index is -1.18. The van der Waals surface area contributed by atoms with Crippen LogP contribution in [0, 0.1) is 23.2 Å². The lowest BCUT2D eigenvalue weighted by Crippen LogP contribution is -2.38. The number of thiazole rings is 1. The maximum absolute atomic E-state index is 13.5. The van der Waals surface area contributed by atoms with Crippen LogP contribution in [0.5, 0.6) is 5.75 Å². The van der Waals surface area contributed by atoms with Gasteiger partial charge >= 0.3 is 0 Å². The molecule has 1 aliphatic heterocycles. The number of hydrazone groups is 1. The zero-order chi connectivity index (χ0) is 23.5. The van der Waals surface area contributed by atoms with E-state index in [1.54, 1.807) is 38.3 Å². The predicted molar refractivity (Wildman–Crippen MR) is 126 cm³/mol. The smallest absolute Gasteiger partial charge is 0.259 e. The predicted octanol–water partition coefficient (Wildman–Crippen LogP) is 3.57. The van der Waals surface area contributed by atoms with Crippen molar-refractivity contribution in [1.29, 1.82) is 5.26 Å².